The van der Waals surface area contributed by atoms with Crippen LogP contribution in [0.2, 0.25) is 0 Å². The molecule has 0 spiro atoms. The van der Waals surface area contributed by atoms with Crippen molar-refractivity contribution < 1.29 is 14.6 Å². The van der Waals surface area contributed by atoms with E-state index in [0.717, 1.165) is 0 Å². The van der Waals surface area contributed by atoms with Gasteiger partial charge in [-0.05, 0) is 25.1 Å². The predicted molar refractivity (Wildman–Crippen MR) is 61.5 cm³/mol. The average molecular weight is 223 g/mol. The van der Waals surface area contributed by atoms with Gasteiger partial charge in [0.05, 0.1) is 12.6 Å². The van der Waals surface area contributed by atoms with Crippen LogP contribution in [0, 0.1) is 0 Å². The van der Waals surface area contributed by atoms with E-state index in [0.29, 0.717) is 12.2 Å². The van der Waals surface area contributed by atoms with Gasteiger partial charge in [-0.2, -0.15) is 0 Å². The Labute approximate surface area is 95.5 Å². The molecule has 1 unspecified atom stereocenters. The minimum Gasteiger partial charge on any atom is -0.508 e. The molecule has 0 fully saturated rings. The molecule has 1 atom stereocenters. The number of ether oxygens (including phenoxy) is 1. The van der Waals surface area contributed by atoms with E-state index in [1.807, 2.05) is 6.92 Å². The van der Waals surface area contributed by atoms with Crippen molar-refractivity contribution in [1.82, 2.24) is 4.90 Å². The Kier molecular flexibility index (Phi) is 4.31. The van der Waals surface area contributed by atoms with Crippen molar-refractivity contribution in [3.05, 3.63) is 29.8 Å². The van der Waals surface area contributed by atoms with Crippen molar-refractivity contribution >= 4 is 5.91 Å². The quantitative estimate of drug-likeness (QED) is 0.841. The molecule has 0 saturated carbocycles. The van der Waals surface area contributed by atoms with E-state index in [2.05, 4.69) is 0 Å². The van der Waals surface area contributed by atoms with Crippen molar-refractivity contribution in [2.45, 2.75) is 13.0 Å². The molecule has 0 aliphatic heterocycles. The van der Waals surface area contributed by atoms with Gasteiger partial charge in [-0.1, -0.05) is 6.07 Å². The van der Waals surface area contributed by atoms with Crippen LogP contribution in [-0.2, 0) is 4.74 Å². The summed E-state index contributed by atoms with van der Waals surface area (Å²) >= 11 is 0. The molecule has 1 rings (SSSR count). The smallest absolute Gasteiger partial charge is 0.254 e. The predicted octanol–water partition coefficient (Wildman–Crippen LogP) is 1.50. The molecule has 0 aliphatic carbocycles. The number of hydrogen-bond acceptors (Lipinski definition) is 3. The lowest BCUT2D eigenvalue weighted by Gasteiger charge is -2.24. The largest absolute Gasteiger partial charge is 0.508 e. The van der Waals surface area contributed by atoms with E-state index < -0.39 is 0 Å². The Morgan fingerprint density at radius 3 is 2.81 bits per heavy atom. The van der Waals surface area contributed by atoms with E-state index in [-0.39, 0.29) is 17.7 Å². The maximum atomic E-state index is 12.0. The normalized spacial score (nSPS) is 12.2. The third-order valence-corrected chi connectivity index (χ3v) is 2.48. The van der Waals surface area contributed by atoms with Gasteiger partial charge in [0, 0.05) is 19.7 Å². The van der Waals surface area contributed by atoms with Crippen molar-refractivity contribution in [3.8, 4) is 5.75 Å². The first-order valence-corrected chi connectivity index (χ1v) is 5.11. The molecule has 0 bridgehead atoms. The Morgan fingerprint density at radius 1 is 1.56 bits per heavy atom. The van der Waals surface area contributed by atoms with Crippen molar-refractivity contribution in [1.29, 1.82) is 0 Å². The molecule has 0 aromatic heterocycles. The average Bonchev–Trinajstić information content (AvgIpc) is 2.27. The number of nitrogens with zero attached hydrogens (tertiary/aromatic N) is 1. The number of rotatable bonds is 4. The van der Waals surface area contributed by atoms with Crippen LogP contribution in [-0.4, -0.2) is 42.7 Å². The number of phenolic OH excluding ortho intramolecular Hbond substituents is 1. The van der Waals surface area contributed by atoms with Crippen LogP contribution in [0.1, 0.15) is 17.3 Å². The van der Waals surface area contributed by atoms with Gasteiger partial charge in [-0.15, -0.1) is 0 Å². The van der Waals surface area contributed by atoms with Gasteiger partial charge in [-0.3, -0.25) is 4.79 Å². The molecule has 4 heteroatoms. The Hall–Kier alpha value is -1.55. The van der Waals surface area contributed by atoms with E-state index in [9.17, 15) is 9.90 Å². The topological polar surface area (TPSA) is 49.8 Å². The zero-order valence-electron chi connectivity index (χ0n) is 9.80. The van der Waals surface area contributed by atoms with Gasteiger partial charge in [0.2, 0.25) is 0 Å². The summed E-state index contributed by atoms with van der Waals surface area (Å²) in [6, 6.07) is 6.32. The van der Waals surface area contributed by atoms with Gasteiger partial charge < -0.3 is 14.7 Å². The van der Waals surface area contributed by atoms with Gasteiger partial charge in [0.25, 0.3) is 5.91 Å². The summed E-state index contributed by atoms with van der Waals surface area (Å²) < 4.78 is 4.99. The number of carbonyl (C=O) groups is 1. The van der Waals surface area contributed by atoms with Crippen LogP contribution in [0.4, 0.5) is 0 Å². The summed E-state index contributed by atoms with van der Waals surface area (Å²) in [5, 5.41) is 9.29. The van der Waals surface area contributed by atoms with E-state index in [4.69, 9.17) is 4.74 Å². The zero-order valence-corrected chi connectivity index (χ0v) is 9.80. The Bertz CT molecular complexity index is 365. The van der Waals surface area contributed by atoms with Gasteiger partial charge in [0.1, 0.15) is 5.75 Å². The SMILES string of the molecule is COCC(C)N(C)C(=O)c1cccc(O)c1. The summed E-state index contributed by atoms with van der Waals surface area (Å²) in [7, 11) is 3.32. The number of likely N-dealkylation sites (N-methyl/N-ethyl adjacent to an activating group) is 1. The van der Waals surface area contributed by atoms with E-state index in [1.165, 1.54) is 12.1 Å². The van der Waals surface area contributed by atoms with Gasteiger partial charge in [0.15, 0.2) is 0 Å². The highest BCUT2D eigenvalue weighted by Crippen LogP contribution is 2.13. The zero-order chi connectivity index (χ0) is 12.1. The van der Waals surface area contributed by atoms with Crippen LogP contribution >= 0.6 is 0 Å². The van der Waals surface area contributed by atoms with Crippen LogP contribution in [0.15, 0.2) is 24.3 Å². The van der Waals surface area contributed by atoms with Gasteiger partial charge >= 0.3 is 0 Å². The molecule has 4 nitrogen and oxygen atoms in total. The molecule has 1 aromatic rings. The van der Waals surface area contributed by atoms with Crippen molar-refractivity contribution in [2.75, 3.05) is 20.8 Å². The number of carbonyl (C=O) groups excluding carboxylic acids is 1. The highest BCUT2D eigenvalue weighted by Gasteiger charge is 2.17. The number of phenols is 1. The van der Waals surface area contributed by atoms with Crippen LogP contribution in [0.3, 0.4) is 0 Å². The number of hydrogen-bond donors (Lipinski definition) is 1. The van der Waals surface area contributed by atoms with E-state index in [1.54, 1.807) is 31.2 Å². The molecule has 0 heterocycles. The summed E-state index contributed by atoms with van der Waals surface area (Å²) in [6.07, 6.45) is 0. The lowest BCUT2D eigenvalue weighted by Crippen LogP contribution is -2.37. The fraction of sp³-hybridized carbons (Fsp3) is 0.417. The molecule has 0 radical (unpaired) electrons. The first-order chi connectivity index (χ1) is 7.56. The van der Waals surface area contributed by atoms with Crippen LogP contribution in [0.5, 0.6) is 5.75 Å². The third kappa shape index (κ3) is 2.97. The Balaban J connectivity index is 2.77. The number of benzene rings is 1. The fourth-order valence-electron chi connectivity index (χ4n) is 1.40. The maximum absolute atomic E-state index is 12.0. The van der Waals surface area contributed by atoms with Gasteiger partial charge in [-0.25, -0.2) is 0 Å². The molecular weight excluding hydrogens is 206 g/mol. The number of amides is 1. The standard InChI is InChI=1S/C12H17NO3/c1-9(8-16-3)13(2)12(15)10-5-4-6-11(14)7-10/h4-7,9,14H,8H2,1-3H3. The van der Waals surface area contributed by atoms with Crippen LogP contribution < -0.4 is 0 Å². The monoisotopic (exact) mass is 223 g/mol. The molecular formula is C12H17NO3. The van der Waals surface area contributed by atoms with E-state index >= 15 is 0 Å². The summed E-state index contributed by atoms with van der Waals surface area (Å²) in [5.41, 5.74) is 0.477. The molecule has 1 N–H and O–H groups in total. The maximum Gasteiger partial charge on any atom is 0.254 e. The first kappa shape index (κ1) is 12.5. The first-order valence-electron chi connectivity index (χ1n) is 5.11. The highest BCUT2D eigenvalue weighted by molar-refractivity contribution is 5.94. The fourth-order valence-corrected chi connectivity index (χ4v) is 1.40. The number of aromatic hydroxyl groups is 1. The second kappa shape index (κ2) is 5.51. The lowest BCUT2D eigenvalue weighted by molar-refractivity contribution is 0.0633. The molecule has 88 valence electrons. The molecule has 0 aliphatic rings. The Morgan fingerprint density at radius 2 is 2.25 bits per heavy atom. The van der Waals surface area contributed by atoms with Crippen molar-refractivity contribution in [2.24, 2.45) is 0 Å². The molecule has 16 heavy (non-hydrogen) atoms. The third-order valence-electron chi connectivity index (χ3n) is 2.48. The minimum atomic E-state index is -0.125. The second-order valence-electron chi connectivity index (χ2n) is 3.77. The molecule has 1 amide bonds. The second-order valence-corrected chi connectivity index (χ2v) is 3.77. The highest BCUT2D eigenvalue weighted by atomic mass is 16.5. The summed E-state index contributed by atoms with van der Waals surface area (Å²) in [6.45, 7) is 2.39. The minimum absolute atomic E-state index is 0.000140. The molecule has 1 aromatic carbocycles. The summed E-state index contributed by atoms with van der Waals surface area (Å²) in [4.78, 5) is 13.6. The van der Waals surface area contributed by atoms with Crippen molar-refractivity contribution in [3.63, 3.8) is 0 Å². The van der Waals surface area contributed by atoms with Crippen LogP contribution in [0.25, 0.3) is 0 Å². The number of methoxy groups -OCH3 is 1. The summed E-state index contributed by atoms with van der Waals surface area (Å²) in [5.74, 6) is -0.0286. The lowest BCUT2D eigenvalue weighted by atomic mass is 10.1. The molecule has 0 saturated heterocycles.